The van der Waals surface area contributed by atoms with Crippen LogP contribution in [0.4, 0.5) is 26.3 Å². The third-order valence-corrected chi connectivity index (χ3v) is 10.4. The highest BCUT2D eigenvalue weighted by molar-refractivity contribution is 7.55. The minimum Gasteiger partial charge on any atom is -0.496 e. The molecule has 1 aliphatic heterocycles. The highest BCUT2D eigenvalue weighted by Gasteiger charge is 2.47. The van der Waals surface area contributed by atoms with E-state index in [1.54, 1.807) is 6.92 Å². The number of carbonyl (C=O) groups excluding carboxylic acids is 2. The van der Waals surface area contributed by atoms with Gasteiger partial charge in [0, 0.05) is 19.2 Å². The zero-order chi connectivity index (χ0) is 33.7. The second kappa shape index (κ2) is 14.7. The topological polar surface area (TPSA) is 107 Å². The number of alkyl halides is 6. The van der Waals surface area contributed by atoms with Crippen LogP contribution in [0.15, 0.2) is 11.6 Å². The van der Waals surface area contributed by atoms with Crippen LogP contribution in [0.3, 0.4) is 0 Å². The maximum absolute atomic E-state index is 13.3. The number of cyclic esters (lactones) is 1. The van der Waals surface area contributed by atoms with Crippen LogP contribution in [0.2, 0.25) is 25.7 Å². The molecule has 0 aliphatic carbocycles. The van der Waals surface area contributed by atoms with Crippen molar-refractivity contribution in [1.82, 2.24) is 0 Å². The number of allylic oxidation sites excluding steroid dienone is 2. The van der Waals surface area contributed by atoms with E-state index in [-0.39, 0.29) is 36.5 Å². The lowest BCUT2D eigenvalue weighted by molar-refractivity contribution is -0.167. The summed E-state index contributed by atoms with van der Waals surface area (Å²) in [6, 6.07) is 0.757. The predicted octanol–water partition coefficient (Wildman–Crippen LogP) is 7.16. The molecule has 0 fully saturated rings. The normalized spacial score (nSPS) is 15.1. The summed E-state index contributed by atoms with van der Waals surface area (Å²) in [6.45, 7) is 5.43. The summed E-state index contributed by atoms with van der Waals surface area (Å²) in [5, 5.41) is 0. The van der Waals surface area contributed by atoms with Crippen molar-refractivity contribution in [3.63, 3.8) is 0 Å². The lowest BCUT2D eigenvalue weighted by Gasteiger charge is -2.26. The summed E-state index contributed by atoms with van der Waals surface area (Å²) in [6.07, 6.45) is -9.33. The first-order valence-electron chi connectivity index (χ1n) is 13.4. The molecule has 0 spiro atoms. The van der Waals surface area contributed by atoms with Gasteiger partial charge in [0.05, 0.1) is 20.8 Å². The maximum atomic E-state index is 13.3. The molecule has 0 amide bonds. The summed E-state index contributed by atoms with van der Waals surface area (Å²) in [5.41, 5.74) is -0.0724. The van der Waals surface area contributed by atoms with Gasteiger partial charge in [-0.3, -0.25) is 18.4 Å². The molecule has 9 nitrogen and oxygen atoms in total. The minimum atomic E-state index is -5.39. The number of hydrogen-bond donors (Lipinski definition) is 0. The van der Waals surface area contributed by atoms with Gasteiger partial charge < -0.3 is 18.9 Å². The first-order chi connectivity index (χ1) is 20.1. The number of halogens is 6. The van der Waals surface area contributed by atoms with E-state index in [1.807, 2.05) is 0 Å². The Morgan fingerprint density at radius 2 is 1.61 bits per heavy atom. The molecular weight excluding hydrogens is 641 g/mol. The number of rotatable bonds is 15. The highest BCUT2D eigenvalue weighted by Crippen LogP contribution is 2.57. The Hall–Kier alpha value is -2.55. The van der Waals surface area contributed by atoms with Crippen molar-refractivity contribution >= 4 is 27.6 Å². The van der Waals surface area contributed by atoms with Gasteiger partial charge in [0.1, 0.15) is 23.7 Å². The number of benzene rings is 1. The monoisotopic (exact) mass is 678 g/mol. The summed E-state index contributed by atoms with van der Waals surface area (Å²) < 4.78 is 121. The van der Waals surface area contributed by atoms with E-state index in [0.717, 1.165) is 13.2 Å². The minimum absolute atomic E-state index is 0.0102. The molecule has 0 bridgehead atoms. The Labute approximate surface area is 252 Å². The SMILES string of the molecule is COC(=O)C(CC(C)=CCc1c(OC)c(C)c2c(c1OCC[Si](C)(C)C)C(=O)OC2)P(=O)(OCC(F)(F)F)OCC(F)(F)F. The molecule has 2 rings (SSSR count). The van der Waals surface area contributed by atoms with E-state index < -0.39 is 65.3 Å². The molecule has 0 radical (unpaired) electrons. The molecule has 0 aromatic heterocycles. The van der Waals surface area contributed by atoms with Gasteiger partial charge in [-0.2, -0.15) is 26.3 Å². The zero-order valence-electron chi connectivity index (χ0n) is 25.5. The van der Waals surface area contributed by atoms with Crippen molar-refractivity contribution in [3.05, 3.63) is 33.9 Å². The van der Waals surface area contributed by atoms with Crippen LogP contribution in [-0.4, -0.2) is 72.1 Å². The fourth-order valence-corrected chi connectivity index (χ4v) is 6.97. The number of esters is 2. The van der Waals surface area contributed by atoms with Crippen LogP contribution < -0.4 is 9.47 Å². The third-order valence-electron chi connectivity index (χ3n) is 6.57. The van der Waals surface area contributed by atoms with Crippen molar-refractivity contribution in [1.29, 1.82) is 0 Å². The Morgan fingerprint density at radius 1 is 1.05 bits per heavy atom. The summed E-state index contributed by atoms with van der Waals surface area (Å²) in [4.78, 5) is 25.2. The smallest absolute Gasteiger partial charge is 0.412 e. The van der Waals surface area contributed by atoms with Crippen LogP contribution in [0.25, 0.3) is 0 Å². The second-order valence-corrected chi connectivity index (χ2v) is 19.2. The molecule has 1 aromatic carbocycles. The fraction of sp³-hybridized carbons (Fsp3) is 0.630. The van der Waals surface area contributed by atoms with Crippen LogP contribution in [0.5, 0.6) is 11.5 Å². The number of carbonyl (C=O) groups is 2. The zero-order valence-corrected chi connectivity index (χ0v) is 27.4. The van der Waals surface area contributed by atoms with E-state index in [0.29, 0.717) is 22.4 Å². The fourth-order valence-electron chi connectivity index (χ4n) is 4.30. The molecule has 17 heteroatoms. The Balaban J connectivity index is 2.52. The number of hydrogen-bond acceptors (Lipinski definition) is 9. The highest BCUT2D eigenvalue weighted by atomic mass is 31.2. The average Bonchev–Trinajstić information content (AvgIpc) is 3.29. The molecule has 1 unspecified atom stereocenters. The molecule has 0 saturated carbocycles. The number of methoxy groups -OCH3 is 2. The van der Waals surface area contributed by atoms with Gasteiger partial charge in [0.15, 0.2) is 18.9 Å². The molecule has 1 atom stereocenters. The summed E-state index contributed by atoms with van der Waals surface area (Å²) in [7, 11) is -4.70. The largest absolute Gasteiger partial charge is 0.496 e. The maximum Gasteiger partial charge on any atom is 0.412 e. The average molecular weight is 679 g/mol. The van der Waals surface area contributed by atoms with E-state index in [2.05, 4.69) is 33.4 Å². The Bertz CT molecular complexity index is 1270. The van der Waals surface area contributed by atoms with Crippen LogP contribution in [-0.2, 0) is 40.9 Å². The Morgan fingerprint density at radius 3 is 2.09 bits per heavy atom. The van der Waals surface area contributed by atoms with E-state index in [1.165, 1.54) is 20.1 Å². The molecule has 1 aliphatic rings. The molecule has 44 heavy (non-hydrogen) atoms. The molecule has 0 N–H and O–H groups in total. The van der Waals surface area contributed by atoms with Crippen molar-refractivity contribution in [2.75, 3.05) is 34.0 Å². The van der Waals surface area contributed by atoms with Crippen molar-refractivity contribution in [2.24, 2.45) is 0 Å². The van der Waals surface area contributed by atoms with Gasteiger partial charge >= 0.3 is 31.9 Å². The molecular formula is C27H37F6O9PSi. The van der Waals surface area contributed by atoms with Gasteiger partial charge in [-0.1, -0.05) is 31.3 Å². The Kier molecular flexibility index (Phi) is 12.6. The third kappa shape index (κ3) is 10.5. The first kappa shape index (κ1) is 37.6. The quantitative estimate of drug-likeness (QED) is 0.0628. The molecule has 0 saturated heterocycles. The second-order valence-electron chi connectivity index (χ2n) is 11.4. The predicted molar refractivity (Wildman–Crippen MR) is 150 cm³/mol. The number of fused-ring (bicyclic) bond motifs is 1. The summed E-state index contributed by atoms with van der Waals surface area (Å²) >= 11 is 0. The van der Waals surface area contributed by atoms with Crippen LogP contribution >= 0.6 is 7.60 Å². The van der Waals surface area contributed by atoms with Crippen molar-refractivity contribution in [2.45, 2.75) is 77.0 Å². The van der Waals surface area contributed by atoms with E-state index >= 15 is 0 Å². The lowest BCUT2D eigenvalue weighted by Crippen LogP contribution is -2.29. The van der Waals surface area contributed by atoms with E-state index in [9.17, 15) is 40.5 Å². The van der Waals surface area contributed by atoms with Crippen LogP contribution in [0, 0.1) is 6.92 Å². The van der Waals surface area contributed by atoms with Crippen molar-refractivity contribution < 1.29 is 68.5 Å². The van der Waals surface area contributed by atoms with Gasteiger partial charge in [-0.25, -0.2) is 4.79 Å². The number of ether oxygens (including phenoxy) is 4. The first-order valence-corrected chi connectivity index (χ1v) is 18.7. The molecule has 1 heterocycles. The van der Waals surface area contributed by atoms with Crippen LogP contribution in [0.1, 0.15) is 40.4 Å². The summed E-state index contributed by atoms with van der Waals surface area (Å²) in [5.74, 6) is -1.38. The molecule has 250 valence electrons. The molecule has 1 aromatic rings. The van der Waals surface area contributed by atoms with Gasteiger partial charge in [0.2, 0.25) is 0 Å². The van der Waals surface area contributed by atoms with Gasteiger partial charge in [-0.15, -0.1) is 0 Å². The van der Waals surface area contributed by atoms with Gasteiger partial charge in [0.25, 0.3) is 0 Å². The van der Waals surface area contributed by atoms with Gasteiger partial charge in [-0.05, 0) is 38.3 Å². The lowest BCUT2D eigenvalue weighted by atomic mass is 9.94. The van der Waals surface area contributed by atoms with E-state index in [4.69, 9.17) is 14.2 Å². The standard InChI is InChI=1S/C27H37F6O9PSi/c1-16(12-20(24(34)38-4)43(36,41-14-26(28,29)30)42-15-27(31,32)33)8-9-18-22(37-3)17(2)19-13-40-25(35)21(19)23(18)39-10-11-44(5,6)7/h8,20H,9-15H2,1-7H3. The van der Waals surface area contributed by atoms with Crippen molar-refractivity contribution in [3.8, 4) is 11.5 Å².